The third-order valence-electron chi connectivity index (χ3n) is 5.94. The first kappa shape index (κ1) is 30.9. The van der Waals surface area contributed by atoms with E-state index in [4.69, 9.17) is 23.2 Å². The van der Waals surface area contributed by atoms with Gasteiger partial charge in [-0.15, -0.1) is 0 Å². The van der Waals surface area contributed by atoms with Gasteiger partial charge in [-0.3, -0.25) is 13.9 Å². The van der Waals surface area contributed by atoms with Gasteiger partial charge >= 0.3 is 0 Å². The number of hydrogen-bond acceptors (Lipinski definition) is 4. The average Bonchev–Trinajstić information content (AvgIpc) is 2.88. The molecule has 0 spiro atoms. The lowest BCUT2D eigenvalue weighted by Crippen LogP contribution is -2.52. The second-order valence-electron chi connectivity index (χ2n) is 9.41. The van der Waals surface area contributed by atoms with Gasteiger partial charge in [-0.1, -0.05) is 69.0 Å². The summed E-state index contributed by atoms with van der Waals surface area (Å²) in [5, 5.41) is 3.22. The predicted octanol–water partition coefficient (Wildman–Crippen LogP) is 6.20. The van der Waals surface area contributed by atoms with Crippen LogP contribution >= 0.6 is 39.1 Å². The monoisotopic (exact) mass is 653 g/mol. The Morgan fingerprint density at radius 2 is 1.54 bits per heavy atom. The third-order valence-corrected chi connectivity index (χ3v) is 9.00. The standard InChI is InChI=1S/C28H30BrCl2N3O4S/c1-18(2)32-28(36)20(4)33(16-21-7-9-22(29)10-8-21)27(35)17-34(23-11-14-25(30)26(31)15-23)39(37,38)24-12-5-19(3)6-13-24/h5-15,18,20H,16-17H2,1-4H3,(H,32,36)/t20-/m1/s1. The zero-order valence-corrected chi connectivity index (χ0v) is 25.9. The molecule has 0 heterocycles. The fourth-order valence-corrected chi connectivity index (χ4v) is 5.74. The van der Waals surface area contributed by atoms with E-state index in [2.05, 4.69) is 21.2 Å². The van der Waals surface area contributed by atoms with E-state index in [-0.39, 0.29) is 39.1 Å². The Balaban J connectivity index is 2.05. The van der Waals surface area contributed by atoms with E-state index >= 15 is 0 Å². The molecule has 3 rings (SSSR count). The normalized spacial score (nSPS) is 12.2. The molecule has 208 valence electrons. The molecule has 0 saturated heterocycles. The van der Waals surface area contributed by atoms with E-state index in [0.717, 1.165) is 19.9 Å². The van der Waals surface area contributed by atoms with Crippen molar-refractivity contribution in [1.82, 2.24) is 10.2 Å². The highest BCUT2D eigenvalue weighted by atomic mass is 79.9. The number of benzene rings is 3. The summed E-state index contributed by atoms with van der Waals surface area (Å²) in [5.41, 5.74) is 1.83. The quantitative estimate of drug-likeness (QED) is 0.282. The fraction of sp³-hybridized carbons (Fsp3) is 0.286. The number of hydrogen-bond donors (Lipinski definition) is 1. The van der Waals surface area contributed by atoms with Crippen molar-refractivity contribution in [2.75, 3.05) is 10.8 Å². The van der Waals surface area contributed by atoms with E-state index in [0.29, 0.717) is 0 Å². The van der Waals surface area contributed by atoms with E-state index in [1.54, 1.807) is 19.1 Å². The molecule has 0 unspecified atom stereocenters. The molecule has 1 N–H and O–H groups in total. The molecule has 3 aromatic carbocycles. The maximum atomic E-state index is 13.9. The molecule has 0 radical (unpaired) electrons. The Kier molecular flexibility index (Phi) is 10.5. The van der Waals surface area contributed by atoms with Crippen LogP contribution in [0, 0.1) is 6.92 Å². The first-order valence-corrected chi connectivity index (χ1v) is 15.2. The number of halogens is 3. The summed E-state index contributed by atoms with van der Waals surface area (Å²) in [4.78, 5) is 28.2. The van der Waals surface area contributed by atoms with Gasteiger partial charge in [0.15, 0.2) is 0 Å². The van der Waals surface area contributed by atoms with Crippen LogP contribution in [-0.4, -0.2) is 43.8 Å². The molecule has 0 aliphatic carbocycles. The molecule has 0 saturated carbocycles. The zero-order valence-electron chi connectivity index (χ0n) is 22.0. The highest BCUT2D eigenvalue weighted by Crippen LogP contribution is 2.31. The summed E-state index contributed by atoms with van der Waals surface area (Å²) in [6, 6.07) is 17.0. The maximum absolute atomic E-state index is 13.9. The molecule has 3 aromatic rings. The Hall–Kier alpha value is -2.59. The number of anilines is 1. The predicted molar refractivity (Wildman–Crippen MR) is 160 cm³/mol. The van der Waals surface area contributed by atoms with E-state index < -0.39 is 28.5 Å². The van der Waals surface area contributed by atoms with Gasteiger partial charge in [-0.2, -0.15) is 0 Å². The lowest BCUT2D eigenvalue weighted by atomic mass is 10.1. The summed E-state index contributed by atoms with van der Waals surface area (Å²) in [5.74, 6) is -0.913. The van der Waals surface area contributed by atoms with Gasteiger partial charge in [-0.05, 0) is 75.7 Å². The number of nitrogens with zero attached hydrogens (tertiary/aromatic N) is 2. The zero-order chi connectivity index (χ0) is 28.9. The molecule has 0 bridgehead atoms. The van der Waals surface area contributed by atoms with Gasteiger partial charge in [-0.25, -0.2) is 8.42 Å². The largest absolute Gasteiger partial charge is 0.352 e. The van der Waals surface area contributed by atoms with Gasteiger partial charge in [0.25, 0.3) is 10.0 Å². The number of rotatable bonds is 10. The highest BCUT2D eigenvalue weighted by molar-refractivity contribution is 9.10. The van der Waals surface area contributed by atoms with Gasteiger partial charge < -0.3 is 10.2 Å². The summed E-state index contributed by atoms with van der Waals surface area (Å²) in [6.07, 6.45) is 0. The number of amides is 2. The van der Waals surface area contributed by atoms with Crippen LogP contribution in [0.5, 0.6) is 0 Å². The average molecular weight is 655 g/mol. The van der Waals surface area contributed by atoms with Crippen molar-refractivity contribution < 1.29 is 18.0 Å². The lowest BCUT2D eigenvalue weighted by Gasteiger charge is -2.32. The van der Waals surface area contributed by atoms with Crippen LogP contribution in [0.2, 0.25) is 10.0 Å². The third kappa shape index (κ3) is 7.97. The lowest BCUT2D eigenvalue weighted by molar-refractivity contribution is -0.139. The molecule has 1 atom stereocenters. The molecule has 0 fully saturated rings. The molecular weight excluding hydrogens is 625 g/mol. The maximum Gasteiger partial charge on any atom is 0.264 e. The smallest absolute Gasteiger partial charge is 0.264 e. The van der Waals surface area contributed by atoms with Crippen molar-refractivity contribution in [3.8, 4) is 0 Å². The minimum absolute atomic E-state index is 0.0111. The van der Waals surface area contributed by atoms with Crippen LogP contribution in [0.1, 0.15) is 31.9 Å². The SMILES string of the molecule is Cc1ccc(S(=O)(=O)N(CC(=O)N(Cc2ccc(Br)cc2)[C@H](C)C(=O)NC(C)C)c2ccc(Cl)c(Cl)c2)cc1. The first-order valence-electron chi connectivity index (χ1n) is 12.2. The molecule has 0 aliphatic heterocycles. The first-order chi connectivity index (χ1) is 18.3. The van der Waals surface area contributed by atoms with Crippen LogP contribution in [0.4, 0.5) is 5.69 Å². The second-order valence-corrected chi connectivity index (χ2v) is 13.0. The van der Waals surface area contributed by atoms with Crippen LogP contribution in [0.15, 0.2) is 76.1 Å². The van der Waals surface area contributed by atoms with Crippen molar-refractivity contribution in [2.45, 2.75) is 51.2 Å². The van der Waals surface area contributed by atoms with E-state index in [1.807, 2.05) is 45.0 Å². The van der Waals surface area contributed by atoms with Crippen molar-refractivity contribution in [2.24, 2.45) is 0 Å². The summed E-state index contributed by atoms with van der Waals surface area (Å²) >= 11 is 15.7. The minimum Gasteiger partial charge on any atom is -0.352 e. The summed E-state index contributed by atoms with van der Waals surface area (Å²) < 4.78 is 29.5. The second kappa shape index (κ2) is 13.2. The van der Waals surface area contributed by atoms with Crippen LogP contribution in [0.3, 0.4) is 0 Å². The Morgan fingerprint density at radius 3 is 2.10 bits per heavy atom. The Morgan fingerprint density at radius 1 is 0.923 bits per heavy atom. The van der Waals surface area contributed by atoms with E-state index in [9.17, 15) is 18.0 Å². The number of carbonyl (C=O) groups is 2. The summed E-state index contributed by atoms with van der Waals surface area (Å²) in [7, 11) is -4.20. The molecule has 2 amide bonds. The molecule has 0 aliphatic rings. The van der Waals surface area contributed by atoms with Crippen LogP contribution in [-0.2, 0) is 26.2 Å². The Bertz CT molecular complexity index is 1430. The number of nitrogens with one attached hydrogen (secondary N) is 1. The fourth-order valence-electron chi connectivity index (χ4n) is 3.78. The number of carbonyl (C=O) groups excluding carboxylic acids is 2. The van der Waals surface area contributed by atoms with Crippen LogP contribution < -0.4 is 9.62 Å². The number of sulfonamides is 1. The molecule has 7 nitrogen and oxygen atoms in total. The minimum atomic E-state index is -4.20. The molecule has 11 heteroatoms. The highest BCUT2D eigenvalue weighted by Gasteiger charge is 2.33. The van der Waals surface area contributed by atoms with Gasteiger partial charge in [0, 0.05) is 17.1 Å². The van der Waals surface area contributed by atoms with Crippen molar-refractivity contribution in [3.05, 3.63) is 92.4 Å². The molecule has 0 aromatic heterocycles. The van der Waals surface area contributed by atoms with Gasteiger partial charge in [0.2, 0.25) is 11.8 Å². The summed E-state index contributed by atoms with van der Waals surface area (Å²) in [6.45, 7) is 6.65. The van der Waals surface area contributed by atoms with E-state index in [1.165, 1.54) is 35.2 Å². The van der Waals surface area contributed by atoms with Gasteiger partial charge in [0.05, 0.1) is 20.6 Å². The van der Waals surface area contributed by atoms with Crippen molar-refractivity contribution in [1.29, 1.82) is 0 Å². The van der Waals surface area contributed by atoms with Crippen molar-refractivity contribution in [3.63, 3.8) is 0 Å². The molecule has 39 heavy (non-hydrogen) atoms. The Labute approximate surface area is 248 Å². The van der Waals surface area contributed by atoms with Crippen LogP contribution in [0.25, 0.3) is 0 Å². The molecular formula is C28H30BrCl2N3O4S. The van der Waals surface area contributed by atoms with Gasteiger partial charge in [0.1, 0.15) is 12.6 Å². The topological polar surface area (TPSA) is 86.8 Å². The van der Waals surface area contributed by atoms with Crippen molar-refractivity contribution >= 4 is 66.7 Å². The number of aryl methyl sites for hydroxylation is 1.